The lowest BCUT2D eigenvalue weighted by Gasteiger charge is -2.09. The maximum atomic E-state index is 12.5. The zero-order chi connectivity index (χ0) is 22.9. The molecular formula is C20H23N3O7S. The molecule has 11 heteroatoms. The lowest BCUT2D eigenvalue weighted by Crippen LogP contribution is -2.30. The van der Waals surface area contributed by atoms with Gasteiger partial charge in [0.25, 0.3) is 15.9 Å². The van der Waals surface area contributed by atoms with Gasteiger partial charge in [-0.05, 0) is 36.6 Å². The Kier molecular flexibility index (Phi) is 8.50. The first-order valence-corrected chi connectivity index (χ1v) is 10.9. The number of methoxy groups -OCH3 is 1. The van der Waals surface area contributed by atoms with Crippen LogP contribution < -0.4 is 14.8 Å². The highest BCUT2D eigenvalue weighted by Crippen LogP contribution is 2.13. The van der Waals surface area contributed by atoms with Crippen LogP contribution in [0.4, 0.5) is 4.79 Å². The molecule has 0 fully saturated rings. The van der Waals surface area contributed by atoms with Crippen LogP contribution in [0.2, 0.25) is 0 Å². The molecule has 166 valence electrons. The molecule has 1 aromatic heterocycles. The molecule has 0 aliphatic carbocycles. The van der Waals surface area contributed by atoms with Gasteiger partial charge in [-0.3, -0.25) is 9.59 Å². The van der Waals surface area contributed by atoms with Crippen molar-refractivity contribution in [3.63, 3.8) is 0 Å². The molecule has 0 saturated carbocycles. The number of nitrogens with one attached hydrogen (secondary N) is 2. The SMILES string of the molecule is CCCC(=O)NCCc1ccc(S(=O)(=O)NC(=O)c2ccc(OC(=O)OC)nc2)cc1. The maximum absolute atomic E-state index is 12.5. The number of carbonyl (C=O) groups excluding carboxylic acids is 3. The van der Waals surface area contributed by atoms with Gasteiger partial charge in [0, 0.05) is 25.2 Å². The van der Waals surface area contributed by atoms with Gasteiger partial charge in [0.2, 0.25) is 11.8 Å². The third kappa shape index (κ3) is 7.37. The zero-order valence-electron chi connectivity index (χ0n) is 17.1. The molecule has 0 bridgehead atoms. The Bertz CT molecular complexity index is 1020. The van der Waals surface area contributed by atoms with E-state index in [4.69, 9.17) is 0 Å². The number of hydrogen-bond donors (Lipinski definition) is 2. The molecule has 0 radical (unpaired) electrons. The van der Waals surface area contributed by atoms with E-state index in [1.807, 2.05) is 11.6 Å². The predicted molar refractivity (Wildman–Crippen MR) is 110 cm³/mol. The maximum Gasteiger partial charge on any atom is 0.514 e. The monoisotopic (exact) mass is 449 g/mol. The van der Waals surface area contributed by atoms with E-state index in [0.717, 1.165) is 25.3 Å². The van der Waals surface area contributed by atoms with Crippen LogP contribution in [0.15, 0.2) is 47.5 Å². The molecule has 0 spiro atoms. The highest BCUT2D eigenvalue weighted by Gasteiger charge is 2.19. The van der Waals surface area contributed by atoms with Crippen molar-refractivity contribution in [2.24, 2.45) is 0 Å². The van der Waals surface area contributed by atoms with Gasteiger partial charge in [-0.25, -0.2) is 22.9 Å². The minimum Gasteiger partial charge on any atom is -0.437 e. The summed E-state index contributed by atoms with van der Waals surface area (Å²) in [6.45, 7) is 2.37. The number of nitrogens with zero attached hydrogens (tertiary/aromatic N) is 1. The molecule has 1 heterocycles. The molecule has 2 aromatic rings. The van der Waals surface area contributed by atoms with Gasteiger partial charge < -0.3 is 14.8 Å². The Morgan fingerprint density at radius 1 is 1.06 bits per heavy atom. The van der Waals surface area contributed by atoms with Gasteiger partial charge in [-0.15, -0.1) is 0 Å². The molecule has 10 nitrogen and oxygen atoms in total. The summed E-state index contributed by atoms with van der Waals surface area (Å²) in [7, 11) is -2.97. The molecule has 0 saturated heterocycles. The number of benzene rings is 1. The first-order chi connectivity index (χ1) is 14.7. The van der Waals surface area contributed by atoms with E-state index in [-0.39, 0.29) is 22.2 Å². The summed E-state index contributed by atoms with van der Waals surface area (Å²) < 4.78 is 35.9. The van der Waals surface area contributed by atoms with Gasteiger partial charge in [0.1, 0.15) is 0 Å². The van der Waals surface area contributed by atoms with Crippen molar-refractivity contribution in [2.45, 2.75) is 31.1 Å². The van der Waals surface area contributed by atoms with E-state index in [0.29, 0.717) is 19.4 Å². The van der Waals surface area contributed by atoms with E-state index in [9.17, 15) is 22.8 Å². The van der Waals surface area contributed by atoms with Gasteiger partial charge >= 0.3 is 6.16 Å². The van der Waals surface area contributed by atoms with Crippen molar-refractivity contribution in [1.29, 1.82) is 0 Å². The van der Waals surface area contributed by atoms with Crippen molar-refractivity contribution < 1.29 is 32.3 Å². The third-order valence-corrected chi connectivity index (χ3v) is 5.37. The Hall–Kier alpha value is -3.47. The standard InChI is InChI=1S/C20H23N3O7S/c1-3-4-17(24)21-12-11-14-5-8-16(9-6-14)31(27,28)23-19(25)15-7-10-18(22-13-15)30-20(26)29-2/h5-10,13H,3-4,11-12H2,1-2H3,(H,21,24)(H,23,25). The molecule has 0 aliphatic heterocycles. The normalized spacial score (nSPS) is 10.8. The largest absolute Gasteiger partial charge is 0.514 e. The van der Waals surface area contributed by atoms with Crippen LogP contribution in [-0.2, 0) is 26.0 Å². The highest BCUT2D eigenvalue weighted by molar-refractivity contribution is 7.90. The predicted octanol–water partition coefficient (Wildman–Crippen LogP) is 1.80. The number of aromatic nitrogens is 1. The summed E-state index contributed by atoms with van der Waals surface area (Å²) in [4.78, 5) is 38.4. The van der Waals surface area contributed by atoms with E-state index in [1.165, 1.54) is 24.3 Å². The van der Waals surface area contributed by atoms with Gasteiger partial charge in [-0.2, -0.15) is 0 Å². The summed E-state index contributed by atoms with van der Waals surface area (Å²) in [5.74, 6) is -1.02. The van der Waals surface area contributed by atoms with Crippen LogP contribution in [-0.4, -0.2) is 45.0 Å². The smallest absolute Gasteiger partial charge is 0.437 e. The molecule has 2 rings (SSSR count). The molecule has 0 aliphatic rings. The van der Waals surface area contributed by atoms with Crippen molar-refractivity contribution in [3.8, 4) is 5.88 Å². The molecule has 1 aromatic carbocycles. The van der Waals surface area contributed by atoms with E-state index in [1.54, 1.807) is 12.1 Å². The van der Waals surface area contributed by atoms with Crippen LogP contribution >= 0.6 is 0 Å². The minimum absolute atomic E-state index is 0.0243. The van der Waals surface area contributed by atoms with Gasteiger partial charge in [0.05, 0.1) is 17.6 Å². The molecule has 2 N–H and O–H groups in total. The third-order valence-electron chi connectivity index (χ3n) is 4.03. The van der Waals surface area contributed by atoms with Crippen LogP contribution in [0.25, 0.3) is 0 Å². The summed E-state index contributed by atoms with van der Waals surface area (Å²) in [5, 5.41) is 2.78. The van der Waals surface area contributed by atoms with E-state index in [2.05, 4.69) is 19.8 Å². The minimum atomic E-state index is -4.10. The Morgan fingerprint density at radius 2 is 1.77 bits per heavy atom. The van der Waals surface area contributed by atoms with Crippen LogP contribution in [0.3, 0.4) is 0 Å². The Morgan fingerprint density at radius 3 is 2.35 bits per heavy atom. The van der Waals surface area contributed by atoms with Crippen molar-refractivity contribution in [1.82, 2.24) is 15.0 Å². The fraction of sp³-hybridized carbons (Fsp3) is 0.300. The number of hydrogen-bond acceptors (Lipinski definition) is 8. The molecule has 0 unspecified atom stereocenters. The number of pyridine rings is 1. The Labute approximate surface area is 180 Å². The number of rotatable bonds is 9. The number of carbonyl (C=O) groups is 3. The summed E-state index contributed by atoms with van der Waals surface area (Å²) in [5.41, 5.74) is 0.799. The average molecular weight is 449 g/mol. The second-order valence-corrected chi connectivity index (χ2v) is 8.05. The van der Waals surface area contributed by atoms with Gasteiger partial charge in [0.15, 0.2) is 0 Å². The molecule has 0 atom stereocenters. The van der Waals surface area contributed by atoms with E-state index >= 15 is 0 Å². The first-order valence-electron chi connectivity index (χ1n) is 9.39. The molecule has 31 heavy (non-hydrogen) atoms. The van der Waals surface area contributed by atoms with Crippen molar-refractivity contribution in [3.05, 3.63) is 53.7 Å². The topological polar surface area (TPSA) is 141 Å². The van der Waals surface area contributed by atoms with Crippen molar-refractivity contribution >= 4 is 28.0 Å². The lowest BCUT2D eigenvalue weighted by atomic mass is 10.1. The first kappa shape index (κ1) is 23.8. The quantitative estimate of drug-likeness (QED) is 0.552. The van der Waals surface area contributed by atoms with Crippen LogP contribution in [0, 0.1) is 0 Å². The van der Waals surface area contributed by atoms with Crippen LogP contribution in [0.1, 0.15) is 35.7 Å². The van der Waals surface area contributed by atoms with Crippen LogP contribution in [0.5, 0.6) is 5.88 Å². The summed E-state index contributed by atoms with van der Waals surface area (Å²) >= 11 is 0. The fourth-order valence-electron chi connectivity index (χ4n) is 2.44. The number of ether oxygens (including phenoxy) is 2. The summed E-state index contributed by atoms with van der Waals surface area (Å²) in [6, 6.07) is 8.48. The summed E-state index contributed by atoms with van der Waals surface area (Å²) in [6.07, 6.45) is 1.88. The van der Waals surface area contributed by atoms with Gasteiger partial charge in [-0.1, -0.05) is 19.1 Å². The fourth-order valence-corrected chi connectivity index (χ4v) is 3.41. The van der Waals surface area contributed by atoms with Crippen molar-refractivity contribution in [2.75, 3.05) is 13.7 Å². The second-order valence-electron chi connectivity index (χ2n) is 6.37. The Balaban J connectivity index is 1.96. The lowest BCUT2D eigenvalue weighted by molar-refractivity contribution is -0.121. The van der Waals surface area contributed by atoms with E-state index < -0.39 is 22.1 Å². The average Bonchev–Trinajstić information content (AvgIpc) is 2.74. The number of amides is 2. The molecular weight excluding hydrogens is 426 g/mol. The number of sulfonamides is 1. The second kappa shape index (κ2) is 11.1. The molecule has 2 amide bonds. The zero-order valence-corrected chi connectivity index (χ0v) is 17.9. The highest BCUT2D eigenvalue weighted by atomic mass is 32.2.